The molecule has 0 fully saturated rings. The molecule has 19 heavy (non-hydrogen) atoms. The minimum atomic E-state index is 0.0777. The van der Waals surface area contributed by atoms with Gasteiger partial charge in [0.25, 0.3) is 0 Å². The lowest BCUT2D eigenvalue weighted by Gasteiger charge is -2.27. The van der Waals surface area contributed by atoms with Crippen LogP contribution in [0.25, 0.3) is 11.2 Å². The van der Waals surface area contributed by atoms with Crippen molar-refractivity contribution < 1.29 is 5.11 Å². The largest absolute Gasteiger partial charge is 0.395 e. The molecule has 2 aromatic rings. The van der Waals surface area contributed by atoms with E-state index in [2.05, 4.69) is 39.1 Å². The quantitative estimate of drug-likeness (QED) is 0.721. The fourth-order valence-electron chi connectivity index (χ4n) is 1.98. The van der Waals surface area contributed by atoms with Crippen LogP contribution in [0.4, 0.5) is 11.8 Å². The first-order valence-electron chi connectivity index (χ1n) is 6.49. The summed E-state index contributed by atoms with van der Waals surface area (Å²) < 4.78 is 0. The van der Waals surface area contributed by atoms with Gasteiger partial charge < -0.3 is 20.3 Å². The molecule has 0 atom stereocenters. The molecule has 2 heterocycles. The third-order valence-electron chi connectivity index (χ3n) is 2.84. The summed E-state index contributed by atoms with van der Waals surface area (Å²) in [5, 5.41) is 12.3. The van der Waals surface area contributed by atoms with E-state index in [1.54, 1.807) is 6.33 Å². The van der Waals surface area contributed by atoms with E-state index in [9.17, 15) is 5.11 Å². The van der Waals surface area contributed by atoms with Crippen LogP contribution >= 0.6 is 0 Å². The van der Waals surface area contributed by atoms with Crippen LogP contribution < -0.4 is 10.2 Å². The van der Waals surface area contributed by atoms with Gasteiger partial charge in [-0.25, -0.2) is 4.98 Å². The number of nitrogens with one attached hydrogen (secondary N) is 2. The second-order valence-corrected chi connectivity index (χ2v) is 4.51. The average molecular weight is 264 g/mol. The smallest absolute Gasteiger partial charge is 0.226 e. The highest BCUT2D eigenvalue weighted by molar-refractivity contribution is 5.84. The Morgan fingerprint density at radius 3 is 2.84 bits per heavy atom. The number of nitrogens with zero attached hydrogens (tertiary/aromatic N) is 4. The molecule has 0 saturated heterocycles. The van der Waals surface area contributed by atoms with Gasteiger partial charge in [-0.3, -0.25) is 0 Å². The summed E-state index contributed by atoms with van der Waals surface area (Å²) in [5.41, 5.74) is 1.42. The summed E-state index contributed by atoms with van der Waals surface area (Å²) in [7, 11) is 0. The van der Waals surface area contributed by atoms with E-state index in [0.717, 1.165) is 17.9 Å². The molecule has 7 heteroatoms. The van der Waals surface area contributed by atoms with Crippen molar-refractivity contribution >= 4 is 22.9 Å². The van der Waals surface area contributed by atoms with E-state index in [4.69, 9.17) is 0 Å². The van der Waals surface area contributed by atoms with E-state index < -0.39 is 0 Å². The highest BCUT2D eigenvalue weighted by Gasteiger charge is 2.18. The predicted molar refractivity (Wildman–Crippen MR) is 75.4 cm³/mol. The molecule has 0 aromatic carbocycles. The third kappa shape index (κ3) is 2.76. The van der Waals surface area contributed by atoms with Crippen molar-refractivity contribution in [3.8, 4) is 0 Å². The number of aromatic nitrogens is 4. The molecule has 0 amide bonds. The normalized spacial score (nSPS) is 11.2. The van der Waals surface area contributed by atoms with Crippen molar-refractivity contribution in [3.63, 3.8) is 0 Å². The van der Waals surface area contributed by atoms with Gasteiger partial charge in [-0.15, -0.1) is 0 Å². The Labute approximate surface area is 112 Å². The molecule has 0 aliphatic rings. The minimum absolute atomic E-state index is 0.0777. The number of imidazole rings is 1. The molecule has 0 aliphatic heterocycles. The maximum absolute atomic E-state index is 9.22. The molecule has 2 rings (SSSR count). The number of hydrogen-bond donors (Lipinski definition) is 3. The van der Waals surface area contributed by atoms with Crippen LogP contribution in [0.3, 0.4) is 0 Å². The summed E-state index contributed by atoms with van der Waals surface area (Å²) in [6.07, 6.45) is 1.61. The monoisotopic (exact) mass is 264 g/mol. The Bertz CT molecular complexity index is 538. The van der Waals surface area contributed by atoms with Crippen LogP contribution in [0.5, 0.6) is 0 Å². The van der Waals surface area contributed by atoms with Crippen molar-refractivity contribution in [2.75, 3.05) is 29.9 Å². The lowest BCUT2D eigenvalue weighted by molar-refractivity contribution is 0.298. The first-order valence-corrected chi connectivity index (χ1v) is 6.49. The van der Waals surface area contributed by atoms with Gasteiger partial charge in [0.2, 0.25) is 5.95 Å². The number of H-pyrrole nitrogens is 1. The fraction of sp³-hybridized carbons (Fsp3) is 0.583. The first-order chi connectivity index (χ1) is 9.17. The van der Waals surface area contributed by atoms with Crippen molar-refractivity contribution in [3.05, 3.63) is 6.33 Å². The van der Waals surface area contributed by atoms with Gasteiger partial charge in [0.15, 0.2) is 11.5 Å². The molecule has 104 valence electrons. The first kappa shape index (κ1) is 13.5. The summed E-state index contributed by atoms with van der Waals surface area (Å²) in [4.78, 5) is 18.1. The Balaban J connectivity index is 2.51. The zero-order chi connectivity index (χ0) is 13.8. The molecule has 3 N–H and O–H groups in total. The van der Waals surface area contributed by atoms with E-state index in [1.807, 2.05) is 11.8 Å². The number of aliphatic hydroxyl groups is 1. The molecule has 0 spiro atoms. The molecule has 0 radical (unpaired) electrons. The van der Waals surface area contributed by atoms with Gasteiger partial charge in [0.05, 0.1) is 12.9 Å². The second-order valence-electron chi connectivity index (χ2n) is 4.51. The standard InChI is InChI=1S/C12H20N6O/c1-4-13-12-16-10-9(14-7-15-10)11(17-12)18(5-6-19)8(2)3/h7-8,19H,4-6H2,1-3H3,(H2,13,14,15,16,17). The number of aliphatic hydroxyl groups excluding tert-OH is 1. The highest BCUT2D eigenvalue weighted by atomic mass is 16.3. The second kappa shape index (κ2) is 5.83. The number of rotatable bonds is 6. The third-order valence-corrected chi connectivity index (χ3v) is 2.84. The lowest BCUT2D eigenvalue weighted by Crippen LogP contribution is -2.34. The van der Waals surface area contributed by atoms with Gasteiger partial charge in [-0.2, -0.15) is 9.97 Å². The van der Waals surface area contributed by atoms with Crippen LogP contribution in [-0.4, -0.2) is 50.8 Å². The highest BCUT2D eigenvalue weighted by Crippen LogP contribution is 2.24. The molecule has 7 nitrogen and oxygen atoms in total. The van der Waals surface area contributed by atoms with Gasteiger partial charge in [-0.05, 0) is 20.8 Å². The number of fused-ring (bicyclic) bond motifs is 1. The van der Waals surface area contributed by atoms with Gasteiger partial charge in [0.1, 0.15) is 5.52 Å². The molecule has 0 aliphatic carbocycles. The summed E-state index contributed by atoms with van der Waals surface area (Å²) in [6.45, 7) is 7.46. The van der Waals surface area contributed by atoms with Crippen LogP contribution in [-0.2, 0) is 0 Å². The minimum Gasteiger partial charge on any atom is -0.395 e. The van der Waals surface area contributed by atoms with E-state index >= 15 is 0 Å². The lowest BCUT2D eigenvalue weighted by atomic mass is 10.3. The maximum Gasteiger partial charge on any atom is 0.226 e. The van der Waals surface area contributed by atoms with Gasteiger partial charge in [-0.1, -0.05) is 0 Å². The van der Waals surface area contributed by atoms with Gasteiger partial charge in [0, 0.05) is 19.1 Å². The Morgan fingerprint density at radius 2 is 2.21 bits per heavy atom. The van der Waals surface area contributed by atoms with Crippen LogP contribution in [0.2, 0.25) is 0 Å². The summed E-state index contributed by atoms with van der Waals surface area (Å²) >= 11 is 0. The topological polar surface area (TPSA) is 90.0 Å². The van der Waals surface area contributed by atoms with Crippen molar-refractivity contribution in [1.29, 1.82) is 0 Å². The molecule has 0 unspecified atom stereocenters. The van der Waals surface area contributed by atoms with E-state index in [-0.39, 0.29) is 12.6 Å². The Kier molecular flexibility index (Phi) is 4.16. The van der Waals surface area contributed by atoms with E-state index in [1.165, 1.54) is 0 Å². The molecule has 0 bridgehead atoms. The Hall–Kier alpha value is -1.89. The van der Waals surface area contributed by atoms with Gasteiger partial charge >= 0.3 is 0 Å². The summed E-state index contributed by atoms with van der Waals surface area (Å²) in [6, 6.07) is 0.225. The zero-order valence-corrected chi connectivity index (χ0v) is 11.5. The van der Waals surface area contributed by atoms with Crippen molar-refractivity contribution in [2.24, 2.45) is 0 Å². The molecular weight excluding hydrogens is 244 g/mol. The zero-order valence-electron chi connectivity index (χ0n) is 11.5. The number of aromatic amines is 1. The van der Waals surface area contributed by atoms with E-state index in [0.29, 0.717) is 18.1 Å². The summed E-state index contributed by atoms with van der Waals surface area (Å²) in [5.74, 6) is 1.32. The average Bonchev–Trinajstić information content (AvgIpc) is 2.83. The van der Waals surface area contributed by atoms with Crippen LogP contribution in [0, 0.1) is 0 Å². The van der Waals surface area contributed by atoms with Crippen molar-refractivity contribution in [1.82, 2.24) is 19.9 Å². The number of hydrogen-bond acceptors (Lipinski definition) is 6. The molecule has 2 aromatic heterocycles. The SMILES string of the molecule is CCNc1nc(N(CCO)C(C)C)c2[nH]cnc2n1. The predicted octanol–water partition coefficient (Wildman–Crippen LogP) is 0.992. The molecule has 0 saturated carbocycles. The van der Waals surface area contributed by atoms with Crippen LogP contribution in [0.1, 0.15) is 20.8 Å². The van der Waals surface area contributed by atoms with Crippen LogP contribution in [0.15, 0.2) is 6.33 Å². The fourth-order valence-corrected chi connectivity index (χ4v) is 1.98. The van der Waals surface area contributed by atoms with Crippen molar-refractivity contribution in [2.45, 2.75) is 26.8 Å². The molecular formula is C12H20N6O. The number of anilines is 2. The maximum atomic E-state index is 9.22. The Morgan fingerprint density at radius 1 is 1.42 bits per heavy atom.